The second-order valence-electron chi connectivity index (χ2n) is 18.7. The third-order valence-electron chi connectivity index (χ3n) is 12.1. The lowest BCUT2D eigenvalue weighted by Crippen LogP contribution is -1.98. The SMILES string of the molecule is COc1c(O)c(C)c(C/C=C(\C)CC/C=C(\C)CC/C=C(\C)CC/C=C(\C)CC/C=C(\C)CC/C=C(/C)CC/C=C(\C)CC/C=C(\C)CC/C=C(\C)CCC=C(C)C)c(O)c1OC. The van der Waals surface area contributed by atoms with Crippen molar-refractivity contribution in [1.82, 2.24) is 0 Å². The van der Waals surface area contributed by atoms with Gasteiger partial charge in [-0.15, -0.1) is 0 Å². The molecule has 0 aliphatic heterocycles. The third-order valence-corrected chi connectivity index (χ3v) is 12.1. The van der Waals surface area contributed by atoms with Crippen molar-refractivity contribution in [3.8, 4) is 23.0 Å². The zero-order chi connectivity index (χ0) is 47.2. The molecule has 0 saturated heterocycles. The molecule has 0 aliphatic rings. The van der Waals surface area contributed by atoms with Crippen LogP contribution < -0.4 is 9.47 Å². The van der Waals surface area contributed by atoms with E-state index >= 15 is 0 Å². The Hall–Kier alpha value is -4.18. The molecule has 2 N–H and O–H groups in total. The minimum Gasteiger partial charge on any atom is -0.504 e. The van der Waals surface area contributed by atoms with Crippen molar-refractivity contribution < 1.29 is 19.7 Å². The summed E-state index contributed by atoms with van der Waals surface area (Å²) in [6, 6.07) is 0. The van der Waals surface area contributed by atoms with Crippen LogP contribution in [0.2, 0.25) is 0 Å². The Bertz CT molecular complexity index is 1840. The van der Waals surface area contributed by atoms with Gasteiger partial charge in [0, 0.05) is 11.1 Å². The maximum atomic E-state index is 10.7. The Morgan fingerprint density at radius 3 is 0.810 bits per heavy atom. The molecular weight excluding hydrogens is 773 g/mol. The molecule has 0 spiro atoms. The van der Waals surface area contributed by atoms with Crippen molar-refractivity contribution in [2.45, 2.75) is 205 Å². The first-order chi connectivity index (χ1) is 30.0. The molecule has 0 heterocycles. The van der Waals surface area contributed by atoms with Crippen molar-refractivity contribution in [3.63, 3.8) is 0 Å². The topological polar surface area (TPSA) is 58.9 Å². The number of rotatable bonds is 31. The van der Waals surface area contributed by atoms with E-state index in [0.29, 0.717) is 17.5 Å². The predicted octanol–water partition coefficient (Wildman–Crippen LogP) is 18.5. The summed E-state index contributed by atoms with van der Waals surface area (Å²) >= 11 is 0. The Balaban J connectivity index is 2.32. The van der Waals surface area contributed by atoms with Gasteiger partial charge < -0.3 is 19.7 Å². The van der Waals surface area contributed by atoms with Gasteiger partial charge in [-0.05, 0) is 205 Å². The van der Waals surface area contributed by atoms with Gasteiger partial charge >= 0.3 is 0 Å². The molecule has 1 aromatic rings. The summed E-state index contributed by atoms with van der Waals surface area (Å²) in [6.07, 6.45) is 44.6. The van der Waals surface area contributed by atoms with Gasteiger partial charge in [0.1, 0.15) is 0 Å². The first-order valence-electron chi connectivity index (χ1n) is 24.2. The molecule has 4 nitrogen and oxygen atoms in total. The molecule has 0 saturated carbocycles. The average Bonchev–Trinajstić information content (AvgIpc) is 3.21. The van der Waals surface area contributed by atoms with Crippen LogP contribution in [-0.4, -0.2) is 24.4 Å². The summed E-state index contributed by atoms with van der Waals surface area (Å²) in [6.45, 7) is 26.5. The lowest BCUT2D eigenvalue weighted by molar-refractivity contribution is 0.314. The largest absolute Gasteiger partial charge is 0.504 e. The number of hydrogen-bond donors (Lipinski definition) is 2. The molecule has 1 aromatic carbocycles. The average molecular weight is 865 g/mol. The zero-order valence-corrected chi connectivity index (χ0v) is 42.9. The van der Waals surface area contributed by atoms with E-state index in [0.717, 1.165) is 96.3 Å². The quantitative estimate of drug-likeness (QED) is 0.0577. The molecule has 0 fully saturated rings. The first kappa shape index (κ1) is 56.8. The van der Waals surface area contributed by atoms with Crippen molar-refractivity contribution in [1.29, 1.82) is 0 Å². The Labute approximate surface area is 388 Å². The van der Waals surface area contributed by atoms with Crippen LogP contribution in [0.25, 0.3) is 0 Å². The van der Waals surface area contributed by atoms with Crippen LogP contribution in [0.1, 0.15) is 203 Å². The summed E-state index contributed by atoms with van der Waals surface area (Å²) < 4.78 is 10.5. The van der Waals surface area contributed by atoms with E-state index in [1.54, 1.807) is 6.92 Å². The van der Waals surface area contributed by atoms with Crippen molar-refractivity contribution in [2.75, 3.05) is 14.2 Å². The molecule has 0 bridgehead atoms. The number of allylic oxidation sites excluding steroid dienone is 20. The number of phenols is 2. The van der Waals surface area contributed by atoms with Gasteiger partial charge in [0.25, 0.3) is 0 Å². The van der Waals surface area contributed by atoms with Gasteiger partial charge in [0.15, 0.2) is 11.5 Å². The number of hydrogen-bond acceptors (Lipinski definition) is 4. The number of methoxy groups -OCH3 is 2. The van der Waals surface area contributed by atoms with Gasteiger partial charge in [-0.3, -0.25) is 0 Å². The highest BCUT2D eigenvalue weighted by atomic mass is 16.5. The molecule has 63 heavy (non-hydrogen) atoms. The molecule has 0 amide bonds. The number of benzene rings is 1. The third kappa shape index (κ3) is 26.3. The fourth-order valence-electron chi connectivity index (χ4n) is 7.62. The number of aromatic hydroxyl groups is 2. The molecule has 0 unspecified atom stereocenters. The van der Waals surface area contributed by atoms with E-state index in [2.05, 4.69) is 137 Å². The normalized spacial score (nSPS) is 14.2. The fraction of sp³-hybridized carbons (Fsp3) is 0.559. The highest BCUT2D eigenvalue weighted by Gasteiger charge is 2.22. The van der Waals surface area contributed by atoms with Crippen LogP contribution in [0.15, 0.2) is 116 Å². The maximum Gasteiger partial charge on any atom is 0.207 e. The van der Waals surface area contributed by atoms with Crippen molar-refractivity contribution >= 4 is 0 Å². The minimum absolute atomic E-state index is 0.00634. The number of phenolic OH excluding ortho intramolecular Hbond substituents is 2. The monoisotopic (exact) mass is 865 g/mol. The predicted molar refractivity (Wildman–Crippen MR) is 278 cm³/mol. The Morgan fingerprint density at radius 2 is 0.571 bits per heavy atom. The summed E-state index contributed by atoms with van der Waals surface area (Å²) in [5.74, 6) is 0.356. The lowest BCUT2D eigenvalue weighted by atomic mass is 9.99. The van der Waals surface area contributed by atoms with Crippen LogP contribution in [0.5, 0.6) is 23.0 Å². The van der Waals surface area contributed by atoms with Crippen LogP contribution >= 0.6 is 0 Å². The lowest BCUT2D eigenvalue weighted by Gasteiger charge is -2.17. The second-order valence-corrected chi connectivity index (χ2v) is 18.7. The van der Waals surface area contributed by atoms with E-state index in [1.165, 1.54) is 89.2 Å². The molecule has 1 rings (SSSR count). The molecule has 352 valence electrons. The van der Waals surface area contributed by atoms with Crippen LogP contribution in [-0.2, 0) is 6.42 Å². The smallest absolute Gasteiger partial charge is 0.207 e. The van der Waals surface area contributed by atoms with Crippen LogP contribution in [0, 0.1) is 6.92 Å². The van der Waals surface area contributed by atoms with Gasteiger partial charge in [-0.2, -0.15) is 0 Å². The van der Waals surface area contributed by atoms with Crippen LogP contribution in [0.4, 0.5) is 0 Å². The van der Waals surface area contributed by atoms with E-state index in [4.69, 9.17) is 9.47 Å². The number of ether oxygens (including phenoxy) is 2. The molecule has 0 atom stereocenters. The van der Waals surface area contributed by atoms with Gasteiger partial charge in [-0.1, -0.05) is 116 Å². The van der Waals surface area contributed by atoms with Gasteiger partial charge in [-0.25, -0.2) is 0 Å². The van der Waals surface area contributed by atoms with E-state index < -0.39 is 0 Å². The van der Waals surface area contributed by atoms with E-state index in [9.17, 15) is 10.2 Å². The van der Waals surface area contributed by atoms with Crippen molar-refractivity contribution in [2.24, 2.45) is 0 Å². The van der Waals surface area contributed by atoms with E-state index in [-0.39, 0.29) is 23.0 Å². The highest BCUT2D eigenvalue weighted by molar-refractivity contribution is 5.66. The Kier molecular flexibility index (Phi) is 30.1. The fourth-order valence-corrected chi connectivity index (χ4v) is 7.62. The van der Waals surface area contributed by atoms with E-state index in [1.807, 2.05) is 0 Å². The summed E-state index contributed by atoms with van der Waals surface area (Å²) in [4.78, 5) is 0. The summed E-state index contributed by atoms with van der Waals surface area (Å²) in [5, 5.41) is 21.3. The maximum absolute atomic E-state index is 10.7. The molecule has 0 aromatic heterocycles. The minimum atomic E-state index is 0.00634. The molecule has 0 radical (unpaired) electrons. The van der Waals surface area contributed by atoms with Gasteiger partial charge in [0.2, 0.25) is 11.5 Å². The van der Waals surface area contributed by atoms with Gasteiger partial charge in [0.05, 0.1) is 14.2 Å². The standard InChI is InChI=1S/C59H92O4/c1-44(2)24-15-25-45(3)26-16-27-46(4)28-17-29-47(5)30-18-31-48(6)32-19-33-49(7)34-20-35-50(8)36-21-37-51(9)38-22-39-52(10)40-23-41-53(11)42-43-55-54(12)56(60)58(62-13)59(63-14)57(55)61/h24,26,28,30,32,34,36,38,40,42,60-61H,15-23,25,27,29,31,33,35,37,39,41,43H2,1-14H3/b45-26+,46-28+,47-30+,48-32-,49-34+,50-36+,51-38+,52-40+,53-42+. The highest BCUT2D eigenvalue weighted by Crippen LogP contribution is 2.48. The zero-order valence-electron chi connectivity index (χ0n) is 42.9. The molecule has 0 aliphatic carbocycles. The van der Waals surface area contributed by atoms with Crippen molar-refractivity contribution in [3.05, 3.63) is 128 Å². The van der Waals surface area contributed by atoms with Crippen LogP contribution in [0.3, 0.4) is 0 Å². The summed E-state index contributed by atoms with van der Waals surface area (Å²) in [5.41, 5.74) is 15.9. The molecule has 4 heteroatoms. The summed E-state index contributed by atoms with van der Waals surface area (Å²) in [7, 11) is 2.91. The Morgan fingerprint density at radius 1 is 0.349 bits per heavy atom. The molecular formula is C59H92O4. The first-order valence-corrected chi connectivity index (χ1v) is 24.2. The second kappa shape index (κ2) is 33.3.